The Hall–Kier alpha value is -1.35. The van der Waals surface area contributed by atoms with Gasteiger partial charge in [-0.25, -0.2) is 0 Å². The Kier molecular flexibility index (Phi) is 3.83. The van der Waals surface area contributed by atoms with Crippen molar-refractivity contribution in [2.45, 2.75) is 25.2 Å². The molecule has 1 amide bonds. The quantitative estimate of drug-likeness (QED) is 0.880. The van der Waals surface area contributed by atoms with Gasteiger partial charge in [0.2, 0.25) is 5.91 Å². The molecule has 2 atom stereocenters. The average molecular weight is 258 g/mol. The predicted molar refractivity (Wildman–Crippen MR) is 76.0 cm³/mol. The van der Waals surface area contributed by atoms with Crippen LogP contribution in [0.2, 0.25) is 0 Å². The maximum absolute atomic E-state index is 12.5. The fourth-order valence-corrected chi connectivity index (χ4v) is 3.28. The lowest BCUT2D eigenvalue weighted by molar-refractivity contribution is -0.135. The SMILES string of the molecule is O=C(C1CCCNC1)N1CCC(c2ccccc2)C1. The average Bonchev–Trinajstić information content (AvgIpc) is 2.98. The summed E-state index contributed by atoms with van der Waals surface area (Å²) in [6.45, 7) is 3.76. The lowest BCUT2D eigenvalue weighted by Gasteiger charge is -2.27. The van der Waals surface area contributed by atoms with Crippen LogP contribution in [0.1, 0.15) is 30.7 Å². The van der Waals surface area contributed by atoms with E-state index in [-0.39, 0.29) is 5.92 Å². The summed E-state index contributed by atoms with van der Waals surface area (Å²) in [5.74, 6) is 1.11. The second kappa shape index (κ2) is 5.74. The molecule has 19 heavy (non-hydrogen) atoms. The van der Waals surface area contributed by atoms with Gasteiger partial charge in [0.1, 0.15) is 0 Å². The van der Waals surface area contributed by atoms with Crippen molar-refractivity contribution >= 4 is 5.91 Å². The van der Waals surface area contributed by atoms with Crippen LogP contribution in [-0.4, -0.2) is 37.0 Å². The zero-order chi connectivity index (χ0) is 13.1. The number of hydrogen-bond donors (Lipinski definition) is 1. The van der Waals surface area contributed by atoms with Gasteiger partial charge in [-0.2, -0.15) is 0 Å². The summed E-state index contributed by atoms with van der Waals surface area (Å²) in [5, 5.41) is 3.33. The van der Waals surface area contributed by atoms with Crippen molar-refractivity contribution in [3.63, 3.8) is 0 Å². The van der Waals surface area contributed by atoms with E-state index in [9.17, 15) is 4.79 Å². The Morgan fingerprint density at radius 2 is 2.05 bits per heavy atom. The summed E-state index contributed by atoms with van der Waals surface area (Å²) < 4.78 is 0. The van der Waals surface area contributed by atoms with E-state index in [1.54, 1.807) is 0 Å². The van der Waals surface area contributed by atoms with Gasteiger partial charge in [-0.3, -0.25) is 4.79 Å². The highest BCUT2D eigenvalue weighted by atomic mass is 16.2. The van der Waals surface area contributed by atoms with Crippen LogP contribution in [-0.2, 0) is 4.79 Å². The molecule has 2 fully saturated rings. The molecule has 3 rings (SSSR count). The molecule has 1 aromatic rings. The normalized spacial score (nSPS) is 27.5. The molecule has 1 aromatic carbocycles. The van der Waals surface area contributed by atoms with Crippen LogP contribution < -0.4 is 5.32 Å². The maximum atomic E-state index is 12.5. The smallest absolute Gasteiger partial charge is 0.226 e. The molecule has 3 nitrogen and oxygen atoms in total. The summed E-state index contributed by atoms with van der Waals surface area (Å²) >= 11 is 0. The van der Waals surface area contributed by atoms with Crippen molar-refractivity contribution in [3.8, 4) is 0 Å². The Morgan fingerprint density at radius 3 is 2.79 bits per heavy atom. The fourth-order valence-electron chi connectivity index (χ4n) is 3.28. The highest BCUT2D eigenvalue weighted by Gasteiger charge is 2.31. The van der Waals surface area contributed by atoms with Gasteiger partial charge in [0.05, 0.1) is 5.92 Å². The number of likely N-dealkylation sites (tertiary alicyclic amines) is 1. The molecule has 0 radical (unpaired) electrons. The molecule has 2 unspecified atom stereocenters. The first-order valence-corrected chi connectivity index (χ1v) is 7.39. The molecule has 0 aromatic heterocycles. The number of nitrogens with zero attached hydrogens (tertiary/aromatic N) is 1. The number of carbonyl (C=O) groups is 1. The number of amides is 1. The number of hydrogen-bond acceptors (Lipinski definition) is 2. The van der Waals surface area contributed by atoms with Gasteiger partial charge in [0.15, 0.2) is 0 Å². The summed E-state index contributed by atoms with van der Waals surface area (Å²) in [6.07, 6.45) is 3.29. The second-order valence-corrected chi connectivity index (χ2v) is 5.72. The van der Waals surface area contributed by atoms with Crippen molar-refractivity contribution < 1.29 is 4.79 Å². The van der Waals surface area contributed by atoms with Gasteiger partial charge >= 0.3 is 0 Å². The molecule has 2 saturated heterocycles. The van der Waals surface area contributed by atoms with Gasteiger partial charge in [-0.1, -0.05) is 30.3 Å². The van der Waals surface area contributed by atoms with E-state index in [1.165, 1.54) is 5.56 Å². The summed E-state index contributed by atoms with van der Waals surface area (Å²) in [4.78, 5) is 14.5. The molecule has 3 heteroatoms. The van der Waals surface area contributed by atoms with Gasteiger partial charge in [-0.05, 0) is 31.4 Å². The molecule has 2 heterocycles. The van der Waals surface area contributed by atoms with Crippen LogP contribution in [0.3, 0.4) is 0 Å². The van der Waals surface area contributed by atoms with Crippen molar-refractivity contribution in [3.05, 3.63) is 35.9 Å². The van der Waals surface area contributed by atoms with E-state index in [2.05, 4.69) is 40.5 Å². The first-order chi connectivity index (χ1) is 9.34. The highest BCUT2D eigenvalue weighted by Crippen LogP contribution is 2.28. The summed E-state index contributed by atoms with van der Waals surface area (Å²) in [7, 11) is 0. The summed E-state index contributed by atoms with van der Waals surface area (Å²) in [5.41, 5.74) is 1.37. The fraction of sp³-hybridized carbons (Fsp3) is 0.562. The topological polar surface area (TPSA) is 32.3 Å². The number of rotatable bonds is 2. The largest absolute Gasteiger partial charge is 0.342 e. The minimum absolute atomic E-state index is 0.211. The van der Waals surface area contributed by atoms with Crippen LogP contribution in [0, 0.1) is 5.92 Å². The zero-order valence-corrected chi connectivity index (χ0v) is 11.3. The van der Waals surface area contributed by atoms with E-state index < -0.39 is 0 Å². The van der Waals surface area contributed by atoms with Gasteiger partial charge in [-0.15, -0.1) is 0 Å². The number of nitrogens with one attached hydrogen (secondary N) is 1. The van der Waals surface area contributed by atoms with E-state index in [1.807, 2.05) is 0 Å². The summed E-state index contributed by atoms with van der Waals surface area (Å²) in [6, 6.07) is 10.6. The van der Waals surface area contributed by atoms with Gasteiger partial charge < -0.3 is 10.2 Å². The molecule has 0 bridgehead atoms. The van der Waals surface area contributed by atoms with Crippen LogP contribution in [0.15, 0.2) is 30.3 Å². The van der Waals surface area contributed by atoms with Crippen LogP contribution in [0.4, 0.5) is 0 Å². The molecular weight excluding hydrogens is 236 g/mol. The number of carbonyl (C=O) groups excluding carboxylic acids is 1. The Bertz CT molecular complexity index is 426. The monoisotopic (exact) mass is 258 g/mol. The number of benzene rings is 1. The first kappa shape index (κ1) is 12.7. The van der Waals surface area contributed by atoms with Gasteiger partial charge in [0.25, 0.3) is 0 Å². The van der Waals surface area contributed by atoms with Crippen molar-refractivity contribution in [2.75, 3.05) is 26.2 Å². The molecule has 0 aliphatic carbocycles. The minimum Gasteiger partial charge on any atom is -0.342 e. The highest BCUT2D eigenvalue weighted by molar-refractivity contribution is 5.79. The van der Waals surface area contributed by atoms with E-state index in [4.69, 9.17) is 0 Å². The van der Waals surface area contributed by atoms with E-state index >= 15 is 0 Å². The second-order valence-electron chi connectivity index (χ2n) is 5.72. The zero-order valence-electron chi connectivity index (χ0n) is 11.3. The van der Waals surface area contributed by atoms with Gasteiger partial charge in [0, 0.05) is 25.6 Å². The third-order valence-corrected chi connectivity index (χ3v) is 4.42. The lowest BCUT2D eigenvalue weighted by atomic mass is 9.97. The molecule has 2 aliphatic heterocycles. The van der Waals surface area contributed by atoms with Crippen LogP contribution >= 0.6 is 0 Å². The number of piperidine rings is 1. The molecule has 0 spiro atoms. The van der Waals surface area contributed by atoms with E-state index in [0.717, 1.165) is 45.4 Å². The minimum atomic E-state index is 0.211. The molecule has 0 saturated carbocycles. The lowest BCUT2D eigenvalue weighted by Crippen LogP contribution is -2.42. The van der Waals surface area contributed by atoms with Crippen LogP contribution in [0.5, 0.6) is 0 Å². The van der Waals surface area contributed by atoms with Crippen molar-refractivity contribution in [1.82, 2.24) is 10.2 Å². The Balaban J connectivity index is 1.61. The standard InChI is InChI=1S/C16H22N2O/c19-16(14-7-4-9-17-11-14)18-10-8-15(12-18)13-5-2-1-3-6-13/h1-3,5-6,14-15,17H,4,7-12H2. The third kappa shape index (κ3) is 2.81. The first-order valence-electron chi connectivity index (χ1n) is 7.39. The van der Waals surface area contributed by atoms with Crippen molar-refractivity contribution in [2.24, 2.45) is 5.92 Å². The predicted octanol–water partition coefficient (Wildman–Crippen LogP) is 2.00. The van der Waals surface area contributed by atoms with Crippen LogP contribution in [0.25, 0.3) is 0 Å². The third-order valence-electron chi connectivity index (χ3n) is 4.42. The Labute approximate surface area is 115 Å². The molecule has 1 N–H and O–H groups in total. The molecule has 2 aliphatic rings. The van der Waals surface area contributed by atoms with Crippen molar-refractivity contribution in [1.29, 1.82) is 0 Å². The Morgan fingerprint density at radius 1 is 1.21 bits per heavy atom. The molecular formula is C16H22N2O. The van der Waals surface area contributed by atoms with E-state index in [0.29, 0.717) is 11.8 Å². The molecule has 102 valence electrons. The maximum Gasteiger partial charge on any atom is 0.226 e.